The van der Waals surface area contributed by atoms with E-state index in [0.717, 1.165) is 24.3 Å². The second-order valence-electron chi connectivity index (χ2n) is 3.86. The van der Waals surface area contributed by atoms with Gasteiger partial charge in [0.2, 0.25) is 11.8 Å². The Labute approximate surface area is 104 Å². The summed E-state index contributed by atoms with van der Waals surface area (Å²) < 4.78 is 11.0. The number of hydrogen-bond donors (Lipinski definition) is 0. The minimum Gasteiger partial charge on any atom is -0.493 e. The Morgan fingerprint density at radius 2 is 2.24 bits per heavy atom. The quantitative estimate of drug-likeness (QED) is 0.785. The molecule has 5 heteroatoms. The van der Waals surface area contributed by atoms with E-state index in [0.29, 0.717) is 24.1 Å². The first-order valence-corrected chi connectivity index (χ1v) is 6.05. The van der Waals surface area contributed by atoms with Crippen molar-refractivity contribution in [3.63, 3.8) is 0 Å². The lowest BCUT2D eigenvalue weighted by molar-refractivity contribution is 0.357. The average Bonchev–Trinajstić information content (AvgIpc) is 2.96. The second-order valence-corrected chi connectivity index (χ2v) is 4.24. The van der Waals surface area contributed by atoms with Gasteiger partial charge in [-0.15, -0.1) is 21.8 Å². The first-order valence-electron chi connectivity index (χ1n) is 5.51. The molecule has 4 nitrogen and oxygen atoms in total. The zero-order valence-electron chi connectivity index (χ0n) is 9.15. The van der Waals surface area contributed by atoms with Crippen LogP contribution < -0.4 is 4.74 Å². The van der Waals surface area contributed by atoms with Crippen LogP contribution in [0.4, 0.5) is 0 Å². The minimum absolute atomic E-state index is 0.486. The van der Waals surface area contributed by atoms with Crippen molar-refractivity contribution in [2.24, 2.45) is 0 Å². The number of aromatic nitrogens is 2. The van der Waals surface area contributed by atoms with Crippen LogP contribution in [-0.4, -0.2) is 22.7 Å². The molecule has 17 heavy (non-hydrogen) atoms. The molecule has 2 heterocycles. The molecule has 0 unspecified atom stereocenters. The molecule has 0 aliphatic carbocycles. The molecule has 1 aliphatic heterocycles. The van der Waals surface area contributed by atoms with E-state index in [2.05, 4.69) is 10.2 Å². The van der Waals surface area contributed by atoms with Crippen LogP contribution in [0.25, 0.3) is 11.5 Å². The van der Waals surface area contributed by atoms with E-state index in [9.17, 15) is 0 Å². The third-order valence-corrected chi connectivity index (χ3v) is 2.90. The fourth-order valence-corrected chi connectivity index (χ4v) is 2.03. The van der Waals surface area contributed by atoms with Crippen molar-refractivity contribution in [3.05, 3.63) is 29.7 Å². The van der Waals surface area contributed by atoms with E-state index >= 15 is 0 Å². The summed E-state index contributed by atoms with van der Waals surface area (Å²) in [5, 5.41) is 7.96. The zero-order chi connectivity index (χ0) is 11.7. The van der Waals surface area contributed by atoms with Crippen LogP contribution in [0.15, 0.2) is 22.6 Å². The highest BCUT2D eigenvalue weighted by atomic mass is 35.5. The van der Waals surface area contributed by atoms with Crippen molar-refractivity contribution in [2.45, 2.75) is 12.8 Å². The van der Waals surface area contributed by atoms with E-state index in [-0.39, 0.29) is 0 Å². The molecule has 0 fully saturated rings. The van der Waals surface area contributed by atoms with Crippen LogP contribution in [0, 0.1) is 0 Å². The van der Waals surface area contributed by atoms with Crippen LogP contribution in [0.3, 0.4) is 0 Å². The summed E-state index contributed by atoms with van der Waals surface area (Å²) in [6.45, 7) is 0.750. The van der Waals surface area contributed by atoms with E-state index in [4.69, 9.17) is 20.8 Å². The van der Waals surface area contributed by atoms with E-state index in [1.54, 1.807) is 0 Å². The Morgan fingerprint density at radius 3 is 3.12 bits per heavy atom. The topological polar surface area (TPSA) is 48.2 Å². The second kappa shape index (κ2) is 4.37. The van der Waals surface area contributed by atoms with Gasteiger partial charge in [0.05, 0.1) is 6.61 Å². The van der Waals surface area contributed by atoms with Crippen LogP contribution in [-0.2, 0) is 12.8 Å². The van der Waals surface area contributed by atoms with Gasteiger partial charge in [0.1, 0.15) is 5.75 Å². The molecule has 3 rings (SSSR count). The summed E-state index contributed by atoms with van der Waals surface area (Å²) in [4.78, 5) is 0. The fraction of sp³-hybridized carbons (Fsp3) is 0.333. The molecule has 0 spiro atoms. The van der Waals surface area contributed by atoms with Crippen molar-refractivity contribution in [3.8, 4) is 17.2 Å². The summed E-state index contributed by atoms with van der Waals surface area (Å²) in [6.07, 6.45) is 1.54. The molecule has 0 radical (unpaired) electrons. The van der Waals surface area contributed by atoms with Crippen LogP contribution >= 0.6 is 11.6 Å². The number of alkyl halides is 1. The van der Waals surface area contributed by atoms with Gasteiger partial charge >= 0.3 is 0 Å². The number of nitrogens with zero attached hydrogens (tertiary/aromatic N) is 2. The largest absolute Gasteiger partial charge is 0.493 e. The minimum atomic E-state index is 0.486. The van der Waals surface area contributed by atoms with Gasteiger partial charge in [-0.05, 0) is 23.8 Å². The molecular weight excluding hydrogens is 240 g/mol. The highest BCUT2D eigenvalue weighted by molar-refractivity contribution is 6.17. The van der Waals surface area contributed by atoms with Crippen molar-refractivity contribution in [1.82, 2.24) is 10.2 Å². The molecule has 1 aliphatic rings. The van der Waals surface area contributed by atoms with Crippen molar-refractivity contribution >= 4 is 11.6 Å². The zero-order valence-corrected chi connectivity index (χ0v) is 9.91. The lowest BCUT2D eigenvalue weighted by Crippen LogP contribution is -1.85. The maximum atomic E-state index is 5.62. The van der Waals surface area contributed by atoms with Crippen molar-refractivity contribution < 1.29 is 9.15 Å². The number of aryl methyl sites for hydroxylation is 1. The number of hydrogen-bond acceptors (Lipinski definition) is 4. The average molecular weight is 251 g/mol. The number of ether oxygens (including phenoxy) is 1. The van der Waals surface area contributed by atoms with Gasteiger partial charge in [0.25, 0.3) is 0 Å². The Bertz CT molecular complexity index is 539. The smallest absolute Gasteiger partial charge is 0.247 e. The predicted octanol–water partition coefficient (Wildman–Crippen LogP) is 2.45. The first-order chi connectivity index (χ1) is 8.36. The van der Waals surface area contributed by atoms with E-state index in [1.807, 2.05) is 18.2 Å². The Hall–Kier alpha value is -1.55. The molecule has 0 saturated heterocycles. The number of benzene rings is 1. The molecule has 0 bridgehead atoms. The highest BCUT2D eigenvalue weighted by Gasteiger charge is 2.15. The van der Waals surface area contributed by atoms with Crippen LogP contribution in [0.1, 0.15) is 11.5 Å². The van der Waals surface area contributed by atoms with Gasteiger partial charge in [-0.25, -0.2) is 0 Å². The normalized spacial score (nSPS) is 13.5. The van der Waals surface area contributed by atoms with Gasteiger partial charge in [0.15, 0.2) is 0 Å². The Balaban J connectivity index is 1.92. The third kappa shape index (κ3) is 2.00. The lowest BCUT2D eigenvalue weighted by Gasteiger charge is -1.99. The maximum Gasteiger partial charge on any atom is 0.247 e. The number of fused-ring (bicyclic) bond motifs is 1. The summed E-state index contributed by atoms with van der Waals surface area (Å²) >= 11 is 5.62. The SMILES string of the molecule is ClCCc1nnc(-c2ccc3c(c2)CCO3)o1. The molecule has 0 N–H and O–H groups in total. The van der Waals surface area contributed by atoms with Gasteiger partial charge < -0.3 is 9.15 Å². The Kier molecular flexibility index (Phi) is 2.73. The molecule has 1 aromatic heterocycles. The summed E-state index contributed by atoms with van der Waals surface area (Å²) in [6, 6.07) is 5.92. The highest BCUT2D eigenvalue weighted by Crippen LogP contribution is 2.29. The number of rotatable bonds is 3. The van der Waals surface area contributed by atoms with E-state index in [1.165, 1.54) is 5.56 Å². The van der Waals surface area contributed by atoms with Gasteiger partial charge in [-0.2, -0.15) is 0 Å². The van der Waals surface area contributed by atoms with Gasteiger partial charge in [-0.3, -0.25) is 0 Å². The fourth-order valence-electron chi connectivity index (χ4n) is 1.87. The Morgan fingerprint density at radius 1 is 1.29 bits per heavy atom. The summed E-state index contributed by atoms with van der Waals surface area (Å²) in [5.74, 6) is 2.56. The van der Waals surface area contributed by atoms with E-state index < -0.39 is 0 Å². The molecule has 88 valence electrons. The lowest BCUT2D eigenvalue weighted by atomic mass is 10.1. The standard InChI is InChI=1S/C12H11ClN2O2/c13-5-3-11-14-15-12(17-11)9-1-2-10-8(7-9)4-6-16-10/h1-2,7H,3-6H2. The first kappa shape index (κ1) is 10.6. The van der Waals surface area contributed by atoms with Crippen LogP contribution in [0.5, 0.6) is 5.75 Å². The van der Waals surface area contributed by atoms with Crippen molar-refractivity contribution in [1.29, 1.82) is 0 Å². The monoisotopic (exact) mass is 250 g/mol. The molecule has 2 aromatic rings. The molecule has 1 aromatic carbocycles. The van der Waals surface area contributed by atoms with Crippen molar-refractivity contribution in [2.75, 3.05) is 12.5 Å². The van der Waals surface area contributed by atoms with Gasteiger partial charge in [-0.1, -0.05) is 0 Å². The summed E-state index contributed by atoms with van der Waals surface area (Å²) in [7, 11) is 0. The van der Waals surface area contributed by atoms with Gasteiger partial charge in [0, 0.05) is 24.3 Å². The molecule has 0 atom stereocenters. The summed E-state index contributed by atoms with van der Waals surface area (Å²) in [5.41, 5.74) is 2.13. The third-order valence-electron chi connectivity index (χ3n) is 2.71. The predicted molar refractivity (Wildman–Crippen MR) is 63.4 cm³/mol. The molecule has 0 saturated carbocycles. The molecular formula is C12H11ClN2O2. The number of halogens is 1. The van der Waals surface area contributed by atoms with Crippen LogP contribution in [0.2, 0.25) is 0 Å². The molecule has 0 amide bonds. The maximum absolute atomic E-state index is 5.62.